The third kappa shape index (κ3) is 5.06. The minimum absolute atomic E-state index is 0.134. The van der Waals surface area contributed by atoms with Crippen LogP contribution in [0.25, 0.3) is 6.08 Å². The number of aryl methyl sites for hydroxylation is 1. The summed E-state index contributed by atoms with van der Waals surface area (Å²) in [6.07, 6.45) is 3.50. The lowest BCUT2D eigenvalue weighted by molar-refractivity contribution is -0.116. The molecule has 3 rings (SSSR count). The molecular weight excluding hydrogens is 388 g/mol. The first kappa shape index (κ1) is 20.7. The van der Waals surface area contributed by atoms with Gasteiger partial charge in [-0.1, -0.05) is 36.5 Å². The Morgan fingerprint density at radius 2 is 1.90 bits per heavy atom. The second-order valence-electron chi connectivity index (χ2n) is 6.34. The number of hydrogen-bond acceptors (Lipinski definition) is 6. The lowest BCUT2D eigenvalue weighted by Crippen LogP contribution is -2.31. The van der Waals surface area contributed by atoms with Crippen molar-refractivity contribution in [3.63, 3.8) is 0 Å². The zero-order chi connectivity index (χ0) is 20.8. The molecule has 0 aromatic heterocycles. The van der Waals surface area contributed by atoms with E-state index in [-0.39, 0.29) is 11.4 Å². The second-order valence-corrected chi connectivity index (χ2v) is 7.48. The van der Waals surface area contributed by atoms with Gasteiger partial charge in [-0.2, -0.15) is 0 Å². The summed E-state index contributed by atoms with van der Waals surface area (Å²) in [4.78, 5) is 13.0. The average molecular weight is 413 g/mol. The van der Waals surface area contributed by atoms with E-state index in [2.05, 4.69) is 17.2 Å². The summed E-state index contributed by atoms with van der Waals surface area (Å²) >= 11 is 1.41. The Morgan fingerprint density at radius 1 is 1.14 bits per heavy atom. The van der Waals surface area contributed by atoms with Crippen molar-refractivity contribution >= 4 is 29.4 Å². The number of ether oxygens (including phenoxy) is 3. The molecule has 2 aromatic rings. The van der Waals surface area contributed by atoms with E-state index in [9.17, 15) is 4.79 Å². The van der Waals surface area contributed by atoms with E-state index in [1.54, 1.807) is 20.3 Å². The summed E-state index contributed by atoms with van der Waals surface area (Å²) < 4.78 is 16.4. The number of carbonyl (C=O) groups is 1. The Kier molecular flexibility index (Phi) is 6.72. The Balaban J connectivity index is 1.75. The topological polar surface area (TPSA) is 68.8 Å². The van der Waals surface area contributed by atoms with Gasteiger partial charge in [0.25, 0.3) is 5.91 Å². The van der Waals surface area contributed by atoms with Gasteiger partial charge in [0.2, 0.25) is 0 Å². The van der Waals surface area contributed by atoms with Gasteiger partial charge in [0.15, 0.2) is 17.0 Å². The van der Waals surface area contributed by atoms with Gasteiger partial charge in [-0.3, -0.25) is 4.79 Å². The van der Waals surface area contributed by atoms with Crippen molar-refractivity contribution in [3.05, 3.63) is 65.1 Å². The zero-order valence-electron chi connectivity index (χ0n) is 16.7. The molecule has 0 saturated carbocycles. The largest absolute Gasteiger partial charge is 0.495 e. The van der Waals surface area contributed by atoms with Gasteiger partial charge in [0.1, 0.15) is 12.4 Å². The Labute approximate surface area is 174 Å². The van der Waals surface area contributed by atoms with Crippen molar-refractivity contribution in [1.82, 2.24) is 5.32 Å². The van der Waals surface area contributed by atoms with Crippen molar-refractivity contribution < 1.29 is 19.0 Å². The SMILES string of the molecule is C=CCOc1ccc(/C=C2\SC(Nc3cc(C)ccc3OC)NC2=O)cc1OC. The maximum atomic E-state index is 12.4. The van der Waals surface area contributed by atoms with E-state index < -0.39 is 0 Å². The van der Waals surface area contributed by atoms with E-state index in [0.29, 0.717) is 23.0 Å². The van der Waals surface area contributed by atoms with Crippen LogP contribution in [0.5, 0.6) is 17.2 Å². The predicted octanol–water partition coefficient (Wildman–Crippen LogP) is 4.18. The van der Waals surface area contributed by atoms with Crippen LogP contribution >= 0.6 is 11.8 Å². The van der Waals surface area contributed by atoms with Crippen LogP contribution in [0.15, 0.2) is 54.0 Å². The molecule has 0 aliphatic carbocycles. The molecule has 1 heterocycles. The van der Waals surface area contributed by atoms with Crippen LogP contribution in [0.3, 0.4) is 0 Å². The molecule has 2 N–H and O–H groups in total. The van der Waals surface area contributed by atoms with Crippen molar-refractivity contribution in [2.24, 2.45) is 0 Å². The lowest BCUT2D eigenvalue weighted by atomic mass is 10.2. The molecule has 1 unspecified atom stereocenters. The summed E-state index contributed by atoms with van der Waals surface area (Å²) in [5.41, 5.74) is 2.49. The minimum Gasteiger partial charge on any atom is -0.495 e. The maximum absolute atomic E-state index is 12.4. The van der Waals surface area contributed by atoms with Crippen LogP contribution in [-0.2, 0) is 4.79 Å². The molecule has 1 saturated heterocycles. The predicted molar refractivity (Wildman–Crippen MR) is 118 cm³/mol. The number of thioether (sulfide) groups is 1. The average Bonchev–Trinajstić information content (AvgIpc) is 3.05. The maximum Gasteiger partial charge on any atom is 0.260 e. The number of hydrogen-bond donors (Lipinski definition) is 2. The van der Waals surface area contributed by atoms with E-state index >= 15 is 0 Å². The van der Waals surface area contributed by atoms with Gasteiger partial charge in [0, 0.05) is 0 Å². The fourth-order valence-electron chi connectivity index (χ4n) is 2.83. The highest BCUT2D eigenvalue weighted by Crippen LogP contribution is 2.35. The molecule has 0 bridgehead atoms. The molecule has 1 aliphatic rings. The number of methoxy groups -OCH3 is 2. The molecule has 0 radical (unpaired) electrons. The van der Waals surface area contributed by atoms with E-state index in [1.807, 2.05) is 49.4 Å². The quantitative estimate of drug-likeness (QED) is 0.501. The van der Waals surface area contributed by atoms with Gasteiger partial charge >= 0.3 is 0 Å². The molecular formula is C22H24N2O4S. The van der Waals surface area contributed by atoms with Crippen molar-refractivity contribution in [2.75, 3.05) is 26.1 Å². The number of nitrogens with one attached hydrogen (secondary N) is 2. The fraction of sp³-hybridized carbons (Fsp3) is 0.227. The van der Waals surface area contributed by atoms with Crippen LogP contribution in [0.4, 0.5) is 5.69 Å². The van der Waals surface area contributed by atoms with Gasteiger partial charge in [-0.25, -0.2) is 0 Å². The third-order valence-electron chi connectivity index (χ3n) is 4.21. The van der Waals surface area contributed by atoms with Gasteiger partial charge in [-0.15, -0.1) is 0 Å². The normalized spacial score (nSPS) is 17.0. The summed E-state index contributed by atoms with van der Waals surface area (Å²) in [7, 11) is 3.20. The first-order chi connectivity index (χ1) is 14.0. The standard InChI is InChI=1S/C22H24N2O4S/c1-5-10-28-18-9-7-15(12-19(18)27-4)13-20-21(25)24-22(29-20)23-16-11-14(2)6-8-17(16)26-3/h5-9,11-13,22-23H,1,10H2,2-4H3,(H,24,25)/b20-13-. The molecule has 7 heteroatoms. The highest BCUT2D eigenvalue weighted by atomic mass is 32.2. The molecule has 1 aliphatic heterocycles. The van der Waals surface area contributed by atoms with Crippen LogP contribution < -0.4 is 24.8 Å². The molecule has 29 heavy (non-hydrogen) atoms. The third-order valence-corrected chi connectivity index (χ3v) is 5.24. The molecule has 2 aromatic carbocycles. The van der Waals surface area contributed by atoms with Crippen LogP contribution in [0.2, 0.25) is 0 Å². The fourth-order valence-corrected chi connectivity index (χ4v) is 3.81. The number of carbonyl (C=O) groups excluding carboxylic acids is 1. The van der Waals surface area contributed by atoms with E-state index in [4.69, 9.17) is 14.2 Å². The van der Waals surface area contributed by atoms with Crippen LogP contribution in [0, 0.1) is 6.92 Å². The van der Waals surface area contributed by atoms with Gasteiger partial charge in [0.05, 0.1) is 24.8 Å². The summed E-state index contributed by atoms with van der Waals surface area (Å²) in [6, 6.07) is 11.4. The van der Waals surface area contributed by atoms with Crippen LogP contribution in [-0.4, -0.2) is 32.2 Å². The highest BCUT2D eigenvalue weighted by molar-refractivity contribution is 8.05. The van der Waals surface area contributed by atoms with E-state index in [1.165, 1.54) is 11.8 Å². The van der Waals surface area contributed by atoms with E-state index in [0.717, 1.165) is 22.6 Å². The first-order valence-electron chi connectivity index (χ1n) is 9.06. The number of anilines is 1. The molecule has 1 atom stereocenters. The molecule has 1 fully saturated rings. The Morgan fingerprint density at radius 3 is 2.62 bits per heavy atom. The molecule has 0 spiro atoms. The minimum atomic E-state index is -0.290. The van der Waals surface area contributed by atoms with Crippen molar-refractivity contribution in [3.8, 4) is 17.2 Å². The lowest BCUT2D eigenvalue weighted by Gasteiger charge is -2.16. The van der Waals surface area contributed by atoms with Crippen molar-refractivity contribution in [2.45, 2.75) is 12.4 Å². The zero-order valence-corrected chi connectivity index (χ0v) is 17.5. The monoisotopic (exact) mass is 412 g/mol. The van der Waals surface area contributed by atoms with Crippen molar-refractivity contribution in [1.29, 1.82) is 0 Å². The number of rotatable bonds is 8. The molecule has 6 nitrogen and oxygen atoms in total. The summed E-state index contributed by atoms with van der Waals surface area (Å²) in [6.45, 7) is 6.04. The van der Waals surface area contributed by atoms with Crippen LogP contribution in [0.1, 0.15) is 11.1 Å². The van der Waals surface area contributed by atoms with Gasteiger partial charge in [-0.05, 0) is 48.4 Å². The smallest absolute Gasteiger partial charge is 0.260 e. The number of benzene rings is 2. The summed E-state index contributed by atoms with van der Waals surface area (Å²) in [5, 5.41) is 6.25. The first-order valence-corrected chi connectivity index (χ1v) is 9.94. The Hall–Kier alpha value is -3.06. The molecule has 152 valence electrons. The Bertz CT molecular complexity index is 942. The van der Waals surface area contributed by atoms with Gasteiger partial charge < -0.3 is 24.8 Å². The molecule has 1 amide bonds. The second kappa shape index (κ2) is 9.43. The number of amides is 1. The highest BCUT2D eigenvalue weighted by Gasteiger charge is 2.28. The summed E-state index contributed by atoms with van der Waals surface area (Å²) in [5.74, 6) is 1.82.